The molecule has 162 valence electrons. The third-order valence-electron chi connectivity index (χ3n) is 3.61. The fourth-order valence-corrected chi connectivity index (χ4v) is 4.62. The second-order valence-electron chi connectivity index (χ2n) is 5.75. The molecule has 0 unspecified atom stereocenters. The molecule has 0 aromatic heterocycles. The molecule has 0 saturated carbocycles. The van der Waals surface area contributed by atoms with Crippen LogP contribution in [0.3, 0.4) is 0 Å². The molecule has 0 heterocycles. The fraction of sp³-hybridized carbons (Fsp3) is 0.222. The molecule has 0 aliphatic heterocycles. The maximum atomic E-state index is 12.3. The topological polar surface area (TPSA) is 111 Å². The van der Waals surface area contributed by atoms with E-state index in [1.54, 1.807) is 12.1 Å². The minimum atomic E-state index is -4.03. The maximum Gasteiger partial charge on any atom is 0.307 e. The minimum Gasteiger partial charge on any atom is -0.495 e. The number of amides is 1. The summed E-state index contributed by atoms with van der Waals surface area (Å²) in [5.74, 6) is -1.02. The quantitative estimate of drug-likeness (QED) is 0.515. The van der Waals surface area contributed by atoms with Crippen LogP contribution in [0.15, 0.2) is 41.3 Å². The lowest BCUT2D eigenvalue weighted by Crippen LogP contribution is -2.28. The Kier molecular flexibility index (Phi) is 8.75. The first kappa shape index (κ1) is 24.2. The van der Waals surface area contributed by atoms with Gasteiger partial charge in [-0.3, -0.25) is 9.59 Å². The largest absolute Gasteiger partial charge is 0.495 e. The molecule has 0 spiro atoms. The van der Waals surface area contributed by atoms with Gasteiger partial charge in [0.05, 0.1) is 29.3 Å². The van der Waals surface area contributed by atoms with E-state index in [2.05, 4.69) is 10.0 Å². The van der Waals surface area contributed by atoms with Crippen LogP contribution in [0.5, 0.6) is 5.75 Å². The number of nitrogens with one attached hydrogen (secondary N) is 2. The van der Waals surface area contributed by atoms with Crippen LogP contribution in [0, 0.1) is 0 Å². The number of methoxy groups -OCH3 is 1. The van der Waals surface area contributed by atoms with Crippen LogP contribution in [0.4, 0.5) is 5.69 Å². The lowest BCUT2D eigenvalue weighted by atomic mass is 10.3. The van der Waals surface area contributed by atoms with Gasteiger partial charge in [-0.05, 0) is 30.3 Å². The highest BCUT2D eigenvalue weighted by Crippen LogP contribution is 2.29. The van der Waals surface area contributed by atoms with Crippen molar-refractivity contribution in [2.24, 2.45) is 0 Å². The number of sulfonamides is 1. The SMILES string of the molecule is COc1ccc(Cl)cc1NC(=O)COC(=O)CCNS(=O)(=O)c1c(Cl)cccc1Cl. The number of benzene rings is 2. The maximum absolute atomic E-state index is 12.3. The zero-order valence-corrected chi connectivity index (χ0v) is 18.7. The summed E-state index contributed by atoms with van der Waals surface area (Å²) >= 11 is 17.6. The first-order chi connectivity index (χ1) is 14.1. The predicted molar refractivity (Wildman–Crippen MR) is 114 cm³/mol. The fourth-order valence-electron chi connectivity index (χ4n) is 2.28. The van der Waals surface area contributed by atoms with E-state index in [4.69, 9.17) is 44.3 Å². The van der Waals surface area contributed by atoms with Crippen molar-refractivity contribution in [3.63, 3.8) is 0 Å². The van der Waals surface area contributed by atoms with Crippen LogP contribution >= 0.6 is 34.8 Å². The molecular formula is C18H17Cl3N2O6S. The Bertz CT molecular complexity index is 1030. The predicted octanol–water partition coefficient (Wildman–Crippen LogP) is 3.51. The third kappa shape index (κ3) is 6.75. The molecule has 2 aromatic carbocycles. The van der Waals surface area contributed by atoms with Crippen LogP contribution < -0.4 is 14.8 Å². The van der Waals surface area contributed by atoms with E-state index in [1.165, 1.54) is 31.4 Å². The summed E-state index contributed by atoms with van der Waals surface area (Å²) in [6.07, 6.45) is -0.310. The number of hydrogen-bond donors (Lipinski definition) is 2. The molecule has 0 fully saturated rings. The summed E-state index contributed by atoms with van der Waals surface area (Å²) in [6.45, 7) is -0.843. The normalized spacial score (nSPS) is 11.1. The molecule has 0 aliphatic carbocycles. The molecular weight excluding hydrogens is 479 g/mol. The van der Waals surface area contributed by atoms with Gasteiger partial charge in [0.25, 0.3) is 5.91 Å². The summed E-state index contributed by atoms with van der Waals surface area (Å²) in [5.41, 5.74) is 0.315. The van der Waals surface area contributed by atoms with E-state index < -0.39 is 28.5 Å². The van der Waals surface area contributed by atoms with Crippen molar-refractivity contribution < 1.29 is 27.5 Å². The summed E-state index contributed by atoms with van der Waals surface area (Å²) < 4.78 is 36.7. The minimum absolute atomic E-state index is 0.0503. The molecule has 30 heavy (non-hydrogen) atoms. The Morgan fingerprint density at radius 3 is 2.37 bits per heavy atom. The molecule has 0 atom stereocenters. The highest BCUT2D eigenvalue weighted by Gasteiger charge is 2.21. The Morgan fingerprint density at radius 2 is 1.73 bits per heavy atom. The number of rotatable bonds is 9. The van der Waals surface area contributed by atoms with Gasteiger partial charge in [-0.15, -0.1) is 0 Å². The van der Waals surface area contributed by atoms with Crippen molar-refractivity contribution in [3.05, 3.63) is 51.5 Å². The smallest absolute Gasteiger partial charge is 0.307 e. The van der Waals surface area contributed by atoms with E-state index >= 15 is 0 Å². The molecule has 0 radical (unpaired) electrons. The van der Waals surface area contributed by atoms with E-state index in [-0.39, 0.29) is 27.9 Å². The Balaban J connectivity index is 1.83. The number of anilines is 1. The molecule has 2 aromatic rings. The monoisotopic (exact) mass is 494 g/mol. The van der Waals surface area contributed by atoms with Crippen molar-refractivity contribution in [1.29, 1.82) is 0 Å². The Morgan fingerprint density at radius 1 is 1.07 bits per heavy atom. The number of carbonyl (C=O) groups is 2. The lowest BCUT2D eigenvalue weighted by molar-refractivity contribution is -0.147. The van der Waals surface area contributed by atoms with Crippen LogP contribution in [0.25, 0.3) is 0 Å². The van der Waals surface area contributed by atoms with Gasteiger partial charge in [0, 0.05) is 11.6 Å². The number of esters is 1. The summed E-state index contributed by atoms with van der Waals surface area (Å²) in [7, 11) is -2.60. The van der Waals surface area contributed by atoms with Gasteiger partial charge in [-0.2, -0.15) is 0 Å². The van der Waals surface area contributed by atoms with Gasteiger partial charge in [0.2, 0.25) is 10.0 Å². The molecule has 8 nitrogen and oxygen atoms in total. The first-order valence-electron chi connectivity index (χ1n) is 8.36. The van der Waals surface area contributed by atoms with E-state index in [0.717, 1.165) is 0 Å². The van der Waals surface area contributed by atoms with Gasteiger partial charge in [0.1, 0.15) is 10.6 Å². The van der Waals surface area contributed by atoms with Gasteiger partial charge < -0.3 is 14.8 Å². The van der Waals surface area contributed by atoms with E-state index in [1.807, 2.05) is 0 Å². The van der Waals surface area contributed by atoms with Crippen molar-refractivity contribution in [3.8, 4) is 5.75 Å². The zero-order chi connectivity index (χ0) is 22.3. The molecule has 2 rings (SSSR count). The summed E-state index contributed by atoms with van der Waals surface area (Å²) in [4.78, 5) is 23.5. The number of halogens is 3. The highest BCUT2D eigenvalue weighted by atomic mass is 35.5. The van der Waals surface area contributed by atoms with Crippen LogP contribution in [-0.4, -0.2) is 40.6 Å². The molecule has 0 saturated heterocycles. The molecule has 12 heteroatoms. The summed E-state index contributed by atoms with van der Waals surface area (Å²) in [6, 6.07) is 8.90. The third-order valence-corrected chi connectivity index (χ3v) is 6.26. The average Bonchev–Trinajstić information content (AvgIpc) is 2.66. The van der Waals surface area contributed by atoms with Gasteiger partial charge >= 0.3 is 5.97 Å². The van der Waals surface area contributed by atoms with E-state index in [0.29, 0.717) is 16.5 Å². The molecule has 0 bridgehead atoms. The van der Waals surface area contributed by atoms with Gasteiger partial charge in [-0.25, -0.2) is 13.1 Å². The Hall–Kier alpha value is -2.04. The van der Waals surface area contributed by atoms with Crippen molar-refractivity contribution >= 4 is 62.4 Å². The van der Waals surface area contributed by atoms with Crippen molar-refractivity contribution in [1.82, 2.24) is 4.72 Å². The standard InChI is InChI=1S/C18H17Cl3N2O6S/c1-28-15-6-5-11(19)9-14(15)23-16(24)10-29-17(25)7-8-22-30(26,27)18-12(20)3-2-4-13(18)21/h2-6,9,22H,7-8,10H2,1H3,(H,23,24). The van der Waals surface area contributed by atoms with Crippen LogP contribution in [-0.2, 0) is 24.3 Å². The second kappa shape index (κ2) is 10.8. The van der Waals surface area contributed by atoms with Crippen LogP contribution in [0.2, 0.25) is 15.1 Å². The highest BCUT2D eigenvalue weighted by molar-refractivity contribution is 7.89. The van der Waals surface area contributed by atoms with Gasteiger partial charge in [-0.1, -0.05) is 40.9 Å². The number of ether oxygens (including phenoxy) is 2. The van der Waals surface area contributed by atoms with Crippen molar-refractivity contribution in [2.45, 2.75) is 11.3 Å². The number of hydrogen-bond acceptors (Lipinski definition) is 6. The molecule has 1 amide bonds. The second-order valence-corrected chi connectivity index (χ2v) is 8.71. The van der Waals surface area contributed by atoms with Crippen molar-refractivity contribution in [2.75, 3.05) is 25.6 Å². The average molecular weight is 496 g/mol. The molecule has 0 aliphatic rings. The zero-order valence-electron chi connectivity index (χ0n) is 15.6. The van der Waals surface area contributed by atoms with Gasteiger partial charge in [0.15, 0.2) is 6.61 Å². The Labute approximate surface area is 188 Å². The summed E-state index contributed by atoms with van der Waals surface area (Å²) in [5, 5.41) is 2.79. The lowest BCUT2D eigenvalue weighted by Gasteiger charge is -2.11. The first-order valence-corrected chi connectivity index (χ1v) is 11.0. The molecule has 2 N–H and O–H groups in total. The van der Waals surface area contributed by atoms with E-state index in [9.17, 15) is 18.0 Å². The van der Waals surface area contributed by atoms with Crippen LogP contribution in [0.1, 0.15) is 6.42 Å². The number of carbonyl (C=O) groups excluding carboxylic acids is 2.